The third-order valence-electron chi connectivity index (χ3n) is 2.44. The van der Waals surface area contributed by atoms with Gasteiger partial charge in [0.15, 0.2) is 11.7 Å². The van der Waals surface area contributed by atoms with Crippen LogP contribution in [0.15, 0.2) is 17.4 Å². The summed E-state index contributed by atoms with van der Waals surface area (Å²) in [6.07, 6.45) is 2.52. The van der Waals surface area contributed by atoms with E-state index in [0.717, 1.165) is 13.0 Å². The van der Waals surface area contributed by atoms with Crippen LogP contribution in [0, 0.1) is 0 Å². The van der Waals surface area contributed by atoms with Gasteiger partial charge in [0, 0.05) is 12.6 Å². The molecular weight excluding hydrogens is 218 g/mol. The summed E-state index contributed by atoms with van der Waals surface area (Å²) in [7, 11) is 0. The number of rotatable bonds is 5. The van der Waals surface area contributed by atoms with E-state index >= 15 is 0 Å². The first-order valence-corrected chi connectivity index (χ1v) is 5.68. The van der Waals surface area contributed by atoms with E-state index in [0.29, 0.717) is 11.4 Å². The Morgan fingerprint density at radius 2 is 2.29 bits per heavy atom. The van der Waals surface area contributed by atoms with Gasteiger partial charge in [0.25, 0.3) is 0 Å². The monoisotopic (exact) mass is 237 g/mol. The van der Waals surface area contributed by atoms with Gasteiger partial charge in [0.1, 0.15) is 0 Å². The Hall–Kier alpha value is -1.85. The average molecular weight is 237 g/mol. The fraction of sp³-hybridized carbons (Fsp3) is 0.545. The van der Waals surface area contributed by atoms with Gasteiger partial charge < -0.3 is 15.8 Å². The summed E-state index contributed by atoms with van der Waals surface area (Å²) in [6.45, 7) is 7.08. The molecule has 1 rings (SSSR count). The zero-order valence-electron chi connectivity index (χ0n) is 10.5. The highest BCUT2D eigenvalue weighted by Crippen LogP contribution is 2.18. The fourth-order valence-corrected chi connectivity index (χ4v) is 1.64. The molecule has 0 unspecified atom stereocenters. The van der Waals surface area contributed by atoms with Crippen molar-refractivity contribution in [3.8, 4) is 0 Å². The van der Waals surface area contributed by atoms with Gasteiger partial charge in [0.2, 0.25) is 0 Å². The lowest BCUT2D eigenvalue weighted by molar-refractivity contribution is 0.318. The third-order valence-corrected chi connectivity index (χ3v) is 2.44. The van der Waals surface area contributed by atoms with Crippen molar-refractivity contribution >= 4 is 11.7 Å². The lowest BCUT2D eigenvalue weighted by Crippen LogP contribution is -2.34. The van der Waals surface area contributed by atoms with Crippen LogP contribution in [0.5, 0.6) is 0 Å². The van der Waals surface area contributed by atoms with E-state index in [4.69, 9.17) is 10.9 Å². The zero-order valence-corrected chi connectivity index (χ0v) is 10.5. The first kappa shape index (κ1) is 13.2. The smallest absolute Gasteiger partial charge is 0.173 e. The molecular formula is C11H19N5O. The molecule has 0 aliphatic carbocycles. The second kappa shape index (κ2) is 6.03. The molecule has 6 nitrogen and oxygen atoms in total. The van der Waals surface area contributed by atoms with E-state index in [1.165, 1.54) is 6.20 Å². The van der Waals surface area contributed by atoms with E-state index in [1.54, 1.807) is 6.07 Å². The summed E-state index contributed by atoms with van der Waals surface area (Å²) < 4.78 is 0. The fourth-order valence-electron chi connectivity index (χ4n) is 1.64. The minimum atomic E-state index is 0.0525. The van der Waals surface area contributed by atoms with Gasteiger partial charge >= 0.3 is 0 Å². The van der Waals surface area contributed by atoms with Crippen LogP contribution >= 0.6 is 0 Å². The summed E-state index contributed by atoms with van der Waals surface area (Å²) in [4.78, 5) is 2.08. The number of nitrogens with zero attached hydrogens (tertiary/aromatic N) is 4. The predicted molar refractivity (Wildman–Crippen MR) is 67.3 cm³/mol. The number of oxime groups is 1. The van der Waals surface area contributed by atoms with E-state index in [9.17, 15) is 0 Å². The maximum absolute atomic E-state index is 8.76. The van der Waals surface area contributed by atoms with Gasteiger partial charge in [-0.1, -0.05) is 12.1 Å². The average Bonchev–Trinajstić information content (AvgIpc) is 2.34. The normalized spacial score (nSPS) is 11.9. The van der Waals surface area contributed by atoms with Crippen molar-refractivity contribution in [2.75, 3.05) is 11.4 Å². The zero-order chi connectivity index (χ0) is 12.8. The Bertz CT molecular complexity index is 391. The highest BCUT2D eigenvalue weighted by Gasteiger charge is 2.17. The number of anilines is 1. The molecule has 0 fully saturated rings. The van der Waals surface area contributed by atoms with E-state index in [-0.39, 0.29) is 11.9 Å². The molecule has 0 amide bonds. The van der Waals surface area contributed by atoms with Gasteiger partial charge in [-0.15, -0.1) is 5.10 Å². The molecule has 17 heavy (non-hydrogen) atoms. The molecule has 0 atom stereocenters. The molecule has 1 heterocycles. The van der Waals surface area contributed by atoms with Crippen LogP contribution in [0.1, 0.15) is 32.8 Å². The van der Waals surface area contributed by atoms with Crippen LogP contribution in [0.4, 0.5) is 5.82 Å². The van der Waals surface area contributed by atoms with Gasteiger partial charge in [-0.25, -0.2) is 0 Å². The van der Waals surface area contributed by atoms with Gasteiger partial charge in [0.05, 0.1) is 11.8 Å². The Morgan fingerprint density at radius 3 is 2.82 bits per heavy atom. The van der Waals surface area contributed by atoms with Crippen molar-refractivity contribution in [1.29, 1.82) is 0 Å². The molecule has 1 aromatic heterocycles. The van der Waals surface area contributed by atoms with Crippen molar-refractivity contribution in [2.24, 2.45) is 10.9 Å². The van der Waals surface area contributed by atoms with Crippen LogP contribution in [-0.2, 0) is 0 Å². The Labute approximate surface area is 101 Å². The Morgan fingerprint density at radius 1 is 1.59 bits per heavy atom. The molecule has 6 heteroatoms. The van der Waals surface area contributed by atoms with Crippen LogP contribution in [0.2, 0.25) is 0 Å². The van der Waals surface area contributed by atoms with Crippen LogP contribution in [0.25, 0.3) is 0 Å². The second-order valence-corrected chi connectivity index (χ2v) is 4.04. The number of amidine groups is 1. The van der Waals surface area contributed by atoms with Crippen molar-refractivity contribution in [3.63, 3.8) is 0 Å². The van der Waals surface area contributed by atoms with Crippen molar-refractivity contribution in [3.05, 3.63) is 17.8 Å². The van der Waals surface area contributed by atoms with Crippen molar-refractivity contribution < 1.29 is 5.21 Å². The number of hydrogen-bond donors (Lipinski definition) is 2. The number of hydrogen-bond acceptors (Lipinski definition) is 5. The number of nitrogens with two attached hydrogens (primary N) is 1. The molecule has 0 aliphatic heterocycles. The van der Waals surface area contributed by atoms with Crippen LogP contribution in [-0.4, -0.2) is 33.8 Å². The lowest BCUT2D eigenvalue weighted by Gasteiger charge is -2.28. The minimum absolute atomic E-state index is 0.0525. The minimum Gasteiger partial charge on any atom is -0.409 e. The SMILES string of the molecule is CCCN(c1nnccc1/C(N)=N/O)C(C)C. The standard InChI is InChI=1S/C11H19N5O/c1-4-7-16(8(2)3)11-9(10(12)15-17)5-6-13-14-11/h5-6,8,17H,4,7H2,1-3H3,(H2,12,15). The van der Waals surface area contributed by atoms with Crippen LogP contribution < -0.4 is 10.6 Å². The van der Waals surface area contributed by atoms with Gasteiger partial charge in [-0.2, -0.15) is 5.10 Å². The maximum atomic E-state index is 8.76. The quantitative estimate of drug-likeness (QED) is 0.347. The first-order chi connectivity index (χ1) is 8.11. The van der Waals surface area contributed by atoms with Crippen LogP contribution in [0.3, 0.4) is 0 Å². The van der Waals surface area contributed by atoms with E-state index < -0.39 is 0 Å². The Kier molecular flexibility index (Phi) is 4.68. The van der Waals surface area contributed by atoms with E-state index in [2.05, 4.69) is 41.0 Å². The van der Waals surface area contributed by atoms with Gasteiger partial charge in [-0.05, 0) is 26.3 Å². The lowest BCUT2D eigenvalue weighted by atomic mass is 10.2. The summed E-state index contributed by atoms with van der Waals surface area (Å²) in [5.41, 5.74) is 6.24. The molecule has 0 aliphatic rings. The highest BCUT2D eigenvalue weighted by atomic mass is 16.4. The van der Waals surface area contributed by atoms with Gasteiger partial charge in [-0.3, -0.25) is 0 Å². The summed E-state index contributed by atoms with van der Waals surface area (Å²) in [6, 6.07) is 1.97. The molecule has 0 saturated heterocycles. The topological polar surface area (TPSA) is 87.6 Å². The molecule has 94 valence electrons. The largest absolute Gasteiger partial charge is 0.409 e. The molecule has 1 aromatic rings. The molecule has 0 bridgehead atoms. The molecule has 3 N–H and O–H groups in total. The first-order valence-electron chi connectivity index (χ1n) is 5.68. The number of aromatic nitrogens is 2. The second-order valence-electron chi connectivity index (χ2n) is 4.04. The Balaban J connectivity index is 3.18. The summed E-state index contributed by atoms with van der Waals surface area (Å²) >= 11 is 0. The highest BCUT2D eigenvalue weighted by molar-refractivity contribution is 6.01. The molecule has 0 saturated carbocycles. The predicted octanol–water partition coefficient (Wildman–Crippen LogP) is 1.20. The maximum Gasteiger partial charge on any atom is 0.173 e. The summed E-state index contributed by atoms with van der Waals surface area (Å²) in [5.74, 6) is 0.705. The van der Waals surface area contributed by atoms with Crippen molar-refractivity contribution in [2.45, 2.75) is 33.2 Å². The summed E-state index contributed by atoms with van der Waals surface area (Å²) in [5, 5.41) is 19.7. The molecule has 0 radical (unpaired) electrons. The van der Waals surface area contributed by atoms with E-state index in [1.807, 2.05) is 0 Å². The third kappa shape index (κ3) is 3.05. The molecule has 0 spiro atoms. The van der Waals surface area contributed by atoms with Crippen molar-refractivity contribution in [1.82, 2.24) is 10.2 Å². The molecule has 0 aromatic carbocycles.